The van der Waals surface area contributed by atoms with Gasteiger partial charge in [0.25, 0.3) is 5.91 Å². The molecule has 1 atom stereocenters. The van der Waals surface area contributed by atoms with Gasteiger partial charge in [-0.3, -0.25) is 24.6 Å². The average Bonchev–Trinajstić information content (AvgIpc) is 3.30. The van der Waals surface area contributed by atoms with Gasteiger partial charge in [-0.2, -0.15) is 0 Å². The van der Waals surface area contributed by atoms with Gasteiger partial charge in [-0.25, -0.2) is 4.39 Å². The van der Waals surface area contributed by atoms with E-state index in [1.54, 1.807) is 0 Å². The summed E-state index contributed by atoms with van der Waals surface area (Å²) in [5.74, 6) is -3.49. The number of anilines is 1. The number of halogens is 1. The molecule has 2 fully saturated rings. The zero-order valence-electron chi connectivity index (χ0n) is 25.3. The van der Waals surface area contributed by atoms with Crippen LogP contribution >= 0.6 is 0 Å². The maximum absolute atomic E-state index is 15.4. The molecule has 3 aliphatic heterocycles. The molecule has 0 spiro atoms. The van der Waals surface area contributed by atoms with Gasteiger partial charge in [0.1, 0.15) is 11.8 Å². The van der Waals surface area contributed by atoms with E-state index in [0.29, 0.717) is 26.3 Å². The van der Waals surface area contributed by atoms with E-state index in [-0.39, 0.29) is 59.9 Å². The summed E-state index contributed by atoms with van der Waals surface area (Å²) in [6.45, 7) is 1.29. The normalized spacial score (nSPS) is 26.0. The second-order valence-corrected chi connectivity index (χ2v) is 8.21. The van der Waals surface area contributed by atoms with Gasteiger partial charge >= 0.3 is 0 Å². The quantitative estimate of drug-likeness (QED) is 0.624. The highest BCUT2D eigenvalue weighted by Crippen LogP contribution is 2.32. The summed E-state index contributed by atoms with van der Waals surface area (Å²) in [6.07, 6.45) is -0.461. The van der Waals surface area contributed by atoms with E-state index in [1.165, 1.54) is 0 Å². The molecule has 0 aromatic heterocycles. The van der Waals surface area contributed by atoms with Crippen molar-refractivity contribution in [2.45, 2.75) is 38.5 Å². The number of fused-ring (bicyclic) bond motifs is 1. The molecule has 3 aliphatic rings. The number of carbonyl (C=O) groups is 3. The first kappa shape index (κ1) is 15.6. The minimum atomic E-state index is -2.16. The highest BCUT2D eigenvalue weighted by Gasteiger charge is 2.39. The lowest BCUT2D eigenvalue weighted by Gasteiger charge is -2.29. The Morgan fingerprint density at radius 1 is 1.21 bits per heavy atom. The minimum absolute atomic E-state index is 0.0467. The molecule has 178 valence electrons. The summed E-state index contributed by atoms with van der Waals surface area (Å²) in [5.41, 5.74) is -0.617. The van der Waals surface area contributed by atoms with Crippen LogP contribution in [0.2, 0.25) is 0 Å². The summed E-state index contributed by atoms with van der Waals surface area (Å²) in [6, 6.07) is -5.11. The molecule has 34 heavy (non-hydrogen) atoms. The van der Waals surface area contributed by atoms with Crippen molar-refractivity contribution < 1.29 is 33.1 Å². The molecule has 8 nitrogen and oxygen atoms in total. The molecular weight excluding hydrogens is 439 g/mol. The predicted molar refractivity (Wildman–Crippen MR) is 122 cm³/mol. The van der Waals surface area contributed by atoms with Gasteiger partial charge < -0.3 is 15.0 Å². The van der Waals surface area contributed by atoms with E-state index in [0.717, 1.165) is 4.90 Å². The van der Waals surface area contributed by atoms with Gasteiger partial charge in [-0.05, 0) is 30.1 Å². The van der Waals surface area contributed by atoms with Crippen LogP contribution in [0.3, 0.4) is 0 Å². The Hall–Kier alpha value is -3.30. The van der Waals surface area contributed by atoms with Gasteiger partial charge in [0.2, 0.25) is 11.8 Å². The van der Waals surface area contributed by atoms with Crippen LogP contribution in [0.4, 0.5) is 10.1 Å². The highest BCUT2D eigenvalue weighted by atomic mass is 19.1. The van der Waals surface area contributed by atoms with Crippen LogP contribution in [-0.2, 0) is 34.0 Å². The van der Waals surface area contributed by atoms with Crippen LogP contribution in [0, 0.1) is 5.82 Å². The SMILES string of the molecule is [2H]c1c([2H])c(NCc2c([2H])c([2H])c(CN3CCOCC3)c([2H])c2F)c2c(c1[2H])C(=O)N(C1([2H])CCC(=O)NC1=O)C2. The molecule has 3 amide bonds. The number of nitrogens with zero attached hydrogens (tertiary/aromatic N) is 2. The third-order valence-corrected chi connectivity index (χ3v) is 6.00. The van der Waals surface area contributed by atoms with Crippen LogP contribution in [0.25, 0.3) is 0 Å². The van der Waals surface area contributed by atoms with Gasteiger partial charge in [0.15, 0.2) is 0 Å². The number of hydrogen-bond donors (Lipinski definition) is 2. The van der Waals surface area contributed by atoms with E-state index < -0.39 is 66.3 Å². The molecular formula is C25H27FN4O4. The predicted octanol–water partition coefficient (Wildman–Crippen LogP) is 2.03. The van der Waals surface area contributed by atoms with Crippen LogP contribution < -0.4 is 10.6 Å². The summed E-state index contributed by atoms with van der Waals surface area (Å²) in [5, 5.41) is 4.81. The van der Waals surface area contributed by atoms with Crippen LogP contribution in [0.15, 0.2) is 36.3 Å². The molecule has 3 heterocycles. The molecule has 0 saturated carbocycles. The Balaban J connectivity index is 1.47. The monoisotopic (exact) mass is 473 g/mol. The Morgan fingerprint density at radius 2 is 2.03 bits per heavy atom. The number of benzene rings is 2. The summed E-state index contributed by atoms with van der Waals surface area (Å²) < 4.78 is 79.5. The fourth-order valence-electron chi connectivity index (χ4n) is 4.18. The number of nitrogens with one attached hydrogen (secondary N) is 2. The Bertz CT molecular complexity index is 1460. The van der Waals surface area contributed by atoms with Crippen LogP contribution in [-0.4, -0.2) is 59.8 Å². The lowest BCUT2D eigenvalue weighted by atomic mass is 10.0. The highest BCUT2D eigenvalue weighted by molar-refractivity contribution is 6.06. The molecule has 2 aromatic rings. The lowest BCUT2D eigenvalue weighted by molar-refractivity contribution is -0.136. The number of carbonyl (C=O) groups excluding carboxylic acids is 3. The van der Waals surface area contributed by atoms with E-state index in [2.05, 4.69) is 5.32 Å². The molecule has 9 heteroatoms. The Morgan fingerprint density at radius 3 is 2.82 bits per heavy atom. The fraction of sp³-hybridized carbons (Fsp3) is 0.400. The minimum Gasteiger partial charge on any atom is -0.381 e. The molecule has 2 aromatic carbocycles. The van der Waals surface area contributed by atoms with Gasteiger partial charge in [-0.15, -0.1) is 0 Å². The molecule has 1 unspecified atom stereocenters. The summed E-state index contributed by atoms with van der Waals surface area (Å²) in [7, 11) is 0. The topological polar surface area (TPSA) is 91.0 Å². The number of hydrogen-bond acceptors (Lipinski definition) is 6. The second-order valence-electron chi connectivity index (χ2n) is 8.21. The van der Waals surface area contributed by atoms with Gasteiger partial charge in [-0.1, -0.05) is 18.1 Å². The number of piperidine rings is 1. The number of amides is 3. The second kappa shape index (κ2) is 9.52. The van der Waals surface area contributed by atoms with Gasteiger partial charge in [0, 0.05) is 61.5 Å². The maximum Gasteiger partial charge on any atom is 0.255 e. The zero-order valence-corrected chi connectivity index (χ0v) is 18.3. The van der Waals surface area contributed by atoms with Gasteiger partial charge in [0.05, 0.1) is 22.8 Å². The molecule has 0 radical (unpaired) electrons. The number of ether oxygens (including phenoxy) is 1. The van der Waals surface area contributed by atoms with Crippen LogP contribution in [0.1, 0.15) is 49.5 Å². The number of rotatable bonds is 6. The van der Waals surface area contributed by atoms with Crippen molar-refractivity contribution in [1.82, 2.24) is 15.1 Å². The molecule has 2 saturated heterocycles. The van der Waals surface area contributed by atoms with Crippen molar-refractivity contribution in [3.05, 3.63) is 64.3 Å². The van der Waals surface area contributed by atoms with E-state index in [9.17, 15) is 14.4 Å². The molecule has 2 N–H and O–H groups in total. The zero-order chi connectivity index (χ0) is 29.8. The van der Waals surface area contributed by atoms with Crippen molar-refractivity contribution in [3.63, 3.8) is 0 Å². The molecule has 0 bridgehead atoms. The smallest absolute Gasteiger partial charge is 0.255 e. The molecule has 0 aliphatic carbocycles. The van der Waals surface area contributed by atoms with E-state index >= 15 is 4.39 Å². The Labute approximate surface area is 206 Å². The number of imide groups is 1. The first-order valence-corrected chi connectivity index (χ1v) is 11.0. The third kappa shape index (κ3) is 4.53. The lowest BCUT2D eigenvalue weighted by Crippen LogP contribution is -2.52. The first-order chi connectivity index (χ1) is 19.4. The maximum atomic E-state index is 15.4. The fourth-order valence-corrected chi connectivity index (χ4v) is 4.18. The average molecular weight is 474 g/mol. The van der Waals surface area contributed by atoms with Crippen molar-refractivity contribution in [2.24, 2.45) is 0 Å². The van der Waals surface area contributed by atoms with Crippen molar-refractivity contribution in [3.8, 4) is 0 Å². The summed E-state index contributed by atoms with van der Waals surface area (Å²) in [4.78, 5) is 40.3. The van der Waals surface area contributed by atoms with Crippen molar-refractivity contribution in [1.29, 1.82) is 0 Å². The van der Waals surface area contributed by atoms with E-state index in [4.69, 9.17) is 14.3 Å². The van der Waals surface area contributed by atoms with E-state index in [1.807, 2.05) is 10.2 Å². The van der Waals surface area contributed by atoms with Crippen molar-refractivity contribution in [2.75, 3.05) is 31.6 Å². The third-order valence-electron chi connectivity index (χ3n) is 6.00. The van der Waals surface area contributed by atoms with Crippen LogP contribution in [0.5, 0.6) is 0 Å². The Kier molecular flexibility index (Phi) is 4.36. The largest absolute Gasteiger partial charge is 0.381 e. The number of morpholine rings is 1. The first-order valence-electron chi connectivity index (χ1n) is 14.5. The molecule has 5 rings (SSSR count). The summed E-state index contributed by atoms with van der Waals surface area (Å²) >= 11 is 0. The standard InChI is InChI=1S/C25H27FN4O4/c26-20-12-16(14-29-8-10-34-11-9-29)4-5-17(20)13-27-21-3-1-2-18-19(21)15-30(25(18)33)22-6-7-23(31)28-24(22)32/h1-5,12,22,27H,6-11,13-15H2,(H,28,31,32)/i1D,2D,3D,4D,5D,12D,22D. The van der Waals surface area contributed by atoms with Crippen molar-refractivity contribution >= 4 is 23.4 Å².